The van der Waals surface area contributed by atoms with E-state index in [0.29, 0.717) is 33.2 Å². The van der Waals surface area contributed by atoms with Crippen molar-refractivity contribution < 1.29 is 4.79 Å². The van der Waals surface area contributed by atoms with Gasteiger partial charge in [0.25, 0.3) is 5.91 Å². The molecule has 7 heteroatoms. The number of benzene rings is 2. The Bertz CT molecular complexity index is 846. The lowest BCUT2D eigenvalue weighted by atomic mass is 10.2. The van der Waals surface area contributed by atoms with Crippen molar-refractivity contribution in [3.05, 3.63) is 62.2 Å². The molecule has 0 aliphatic rings. The molecule has 1 amide bonds. The molecule has 0 fully saturated rings. The maximum atomic E-state index is 12.3. The van der Waals surface area contributed by atoms with E-state index in [0.717, 1.165) is 10.0 Å². The minimum absolute atomic E-state index is 0.240. The van der Waals surface area contributed by atoms with Crippen LogP contribution in [0.15, 0.2) is 40.9 Å². The Morgan fingerprint density at radius 2 is 1.91 bits per heavy atom. The quantitative estimate of drug-likeness (QED) is 0.679. The molecule has 22 heavy (non-hydrogen) atoms. The first-order valence-electron chi connectivity index (χ1n) is 6.41. The first-order chi connectivity index (χ1) is 10.6. The smallest absolute Gasteiger partial charge is 0.270 e. The Balaban J connectivity index is 1.81. The van der Waals surface area contributed by atoms with Crippen LogP contribution in [0.3, 0.4) is 0 Å². The predicted molar refractivity (Wildman–Crippen MR) is 91.4 cm³/mol. The average molecular weight is 399 g/mol. The fourth-order valence-electron chi connectivity index (χ4n) is 2.07. The second-order valence-corrected chi connectivity index (χ2v) is 6.33. The molecule has 112 valence electrons. The van der Waals surface area contributed by atoms with Crippen LogP contribution in [0, 0.1) is 0 Å². The largest absolute Gasteiger partial charge is 0.347 e. The van der Waals surface area contributed by atoms with Gasteiger partial charge in [0, 0.05) is 21.4 Å². The van der Waals surface area contributed by atoms with Gasteiger partial charge in [0.2, 0.25) is 0 Å². The molecule has 0 aliphatic carbocycles. The van der Waals surface area contributed by atoms with Gasteiger partial charge in [-0.2, -0.15) is 5.10 Å². The highest BCUT2D eigenvalue weighted by Crippen LogP contribution is 2.30. The van der Waals surface area contributed by atoms with Crippen molar-refractivity contribution in [2.24, 2.45) is 0 Å². The van der Waals surface area contributed by atoms with Crippen LogP contribution in [0.5, 0.6) is 0 Å². The molecule has 0 bridgehead atoms. The number of hydrogen-bond donors (Lipinski definition) is 2. The van der Waals surface area contributed by atoms with Gasteiger partial charge in [-0.3, -0.25) is 9.89 Å². The van der Waals surface area contributed by atoms with Crippen LogP contribution in [0.1, 0.15) is 16.1 Å². The molecule has 4 nitrogen and oxygen atoms in total. The minimum Gasteiger partial charge on any atom is -0.347 e. The molecule has 0 radical (unpaired) electrons. The number of H-pyrrole nitrogens is 1. The van der Waals surface area contributed by atoms with Gasteiger partial charge in [-0.25, -0.2) is 0 Å². The van der Waals surface area contributed by atoms with Crippen molar-refractivity contribution in [1.82, 2.24) is 15.5 Å². The lowest BCUT2D eigenvalue weighted by molar-refractivity contribution is 0.0947. The number of fused-ring (bicyclic) bond motifs is 1. The molecule has 0 unspecified atom stereocenters. The first-order valence-corrected chi connectivity index (χ1v) is 7.96. The number of carbonyl (C=O) groups is 1. The maximum Gasteiger partial charge on any atom is 0.270 e. The van der Waals surface area contributed by atoms with Crippen molar-refractivity contribution in [3.63, 3.8) is 0 Å². The van der Waals surface area contributed by atoms with Gasteiger partial charge < -0.3 is 5.32 Å². The fraction of sp³-hybridized carbons (Fsp3) is 0.0667. The van der Waals surface area contributed by atoms with Crippen LogP contribution in [-0.2, 0) is 6.54 Å². The van der Waals surface area contributed by atoms with Crippen LogP contribution in [0.25, 0.3) is 10.9 Å². The van der Waals surface area contributed by atoms with Crippen LogP contribution in [0.2, 0.25) is 10.0 Å². The molecular formula is C15H10BrCl2N3O. The highest BCUT2D eigenvalue weighted by molar-refractivity contribution is 9.10. The maximum absolute atomic E-state index is 12.3. The van der Waals surface area contributed by atoms with Gasteiger partial charge in [-0.05, 0) is 45.8 Å². The first kappa shape index (κ1) is 15.3. The van der Waals surface area contributed by atoms with Crippen LogP contribution in [-0.4, -0.2) is 16.1 Å². The second kappa shape index (κ2) is 6.28. The Hall–Kier alpha value is -1.56. The van der Waals surface area contributed by atoms with E-state index in [4.69, 9.17) is 23.2 Å². The number of halogens is 3. The van der Waals surface area contributed by atoms with E-state index < -0.39 is 0 Å². The number of carbonyl (C=O) groups excluding carboxylic acids is 1. The standard InChI is InChI=1S/C15H10BrCl2N3O/c16-11-6-5-10-13(12(11)18)20-21-14(10)15(22)19-7-8-1-3-9(17)4-2-8/h1-6H,7H2,(H,19,22)(H,20,21). The zero-order valence-electron chi connectivity index (χ0n) is 11.2. The van der Waals surface area contributed by atoms with Crippen molar-refractivity contribution >= 4 is 55.9 Å². The Morgan fingerprint density at radius 3 is 2.64 bits per heavy atom. The molecule has 1 aromatic heterocycles. The highest BCUT2D eigenvalue weighted by atomic mass is 79.9. The Morgan fingerprint density at radius 1 is 1.18 bits per heavy atom. The monoisotopic (exact) mass is 397 g/mol. The number of rotatable bonds is 3. The molecule has 1 heterocycles. The van der Waals surface area contributed by atoms with E-state index in [1.165, 1.54) is 0 Å². The summed E-state index contributed by atoms with van der Waals surface area (Å²) in [6.07, 6.45) is 0. The summed E-state index contributed by atoms with van der Waals surface area (Å²) in [5.74, 6) is -0.240. The zero-order valence-corrected chi connectivity index (χ0v) is 14.3. The van der Waals surface area contributed by atoms with E-state index in [1.54, 1.807) is 24.3 Å². The lowest BCUT2D eigenvalue weighted by Crippen LogP contribution is -2.23. The molecule has 0 saturated carbocycles. The number of aromatic nitrogens is 2. The third-order valence-electron chi connectivity index (χ3n) is 3.21. The SMILES string of the molecule is O=C(NCc1ccc(Cl)cc1)c1[nH]nc2c(Cl)c(Br)ccc12. The molecule has 2 N–H and O–H groups in total. The molecule has 0 aliphatic heterocycles. The summed E-state index contributed by atoms with van der Waals surface area (Å²) in [4.78, 5) is 12.3. The summed E-state index contributed by atoms with van der Waals surface area (Å²) in [6.45, 7) is 0.404. The molecule has 3 rings (SSSR count). The number of amides is 1. The number of hydrogen-bond acceptors (Lipinski definition) is 2. The van der Waals surface area contributed by atoms with Gasteiger partial charge in [0.1, 0.15) is 11.2 Å². The Labute approximate surface area is 144 Å². The van der Waals surface area contributed by atoms with Crippen molar-refractivity contribution in [2.75, 3.05) is 0 Å². The van der Waals surface area contributed by atoms with Gasteiger partial charge in [0.15, 0.2) is 0 Å². The average Bonchev–Trinajstić information content (AvgIpc) is 2.95. The molecule has 0 atom stereocenters. The predicted octanol–water partition coefficient (Wildman–Crippen LogP) is 4.56. The van der Waals surface area contributed by atoms with E-state index in [2.05, 4.69) is 31.4 Å². The second-order valence-electron chi connectivity index (χ2n) is 4.67. The summed E-state index contributed by atoms with van der Waals surface area (Å²) in [6, 6.07) is 10.9. The summed E-state index contributed by atoms with van der Waals surface area (Å²) in [5, 5.41) is 11.5. The van der Waals surface area contributed by atoms with Gasteiger partial charge in [-0.15, -0.1) is 0 Å². The molecule has 3 aromatic rings. The summed E-state index contributed by atoms with van der Waals surface area (Å²) in [5.41, 5.74) is 1.91. The third kappa shape index (κ3) is 2.97. The zero-order chi connectivity index (χ0) is 15.7. The van der Waals surface area contributed by atoms with E-state index in [-0.39, 0.29) is 5.91 Å². The van der Waals surface area contributed by atoms with Crippen LogP contribution < -0.4 is 5.32 Å². The number of nitrogens with one attached hydrogen (secondary N) is 2. The van der Waals surface area contributed by atoms with E-state index in [1.807, 2.05) is 12.1 Å². The van der Waals surface area contributed by atoms with Crippen molar-refractivity contribution in [1.29, 1.82) is 0 Å². The fourth-order valence-corrected chi connectivity index (χ4v) is 2.72. The van der Waals surface area contributed by atoms with Crippen LogP contribution >= 0.6 is 39.1 Å². The number of aromatic amines is 1. The minimum atomic E-state index is -0.240. The van der Waals surface area contributed by atoms with Crippen molar-refractivity contribution in [3.8, 4) is 0 Å². The summed E-state index contributed by atoms with van der Waals surface area (Å²) in [7, 11) is 0. The van der Waals surface area contributed by atoms with Gasteiger partial charge in [-0.1, -0.05) is 35.3 Å². The van der Waals surface area contributed by atoms with Crippen molar-refractivity contribution in [2.45, 2.75) is 6.54 Å². The summed E-state index contributed by atoms with van der Waals surface area (Å²) < 4.78 is 0.737. The topological polar surface area (TPSA) is 57.8 Å². The molecule has 0 spiro atoms. The highest BCUT2D eigenvalue weighted by Gasteiger charge is 2.16. The third-order valence-corrected chi connectivity index (χ3v) is 4.73. The van der Waals surface area contributed by atoms with Gasteiger partial charge in [0.05, 0.1) is 5.02 Å². The lowest BCUT2D eigenvalue weighted by Gasteiger charge is -2.04. The number of nitrogens with zero attached hydrogens (tertiary/aromatic N) is 1. The molecule has 0 saturated heterocycles. The molecular weight excluding hydrogens is 389 g/mol. The normalized spacial score (nSPS) is 10.9. The van der Waals surface area contributed by atoms with E-state index in [9.17, 15) is 4.79 Å². The van der Waals surface area contributed by atoms with Gasteiger partial charge >= 0.3 is 0 Å². The Kier molecular flexibility index (Phi) is 4.38. The van der Waals surface area contributed by atoms with E-state index >= 15 is 0 Å². The van der Waals surface area contributed by atoms with Crippen LogP contribution in [0.4, 0.5) is 0 Å². The summed E-state index contributed by atoms with van der Waals surface area (Å²) >= 11 is 15.3. The molecule has 2 aromatic carbocycles.